The predicted octanol–water partition coefficient (Wildman–Crippen LogP) is 4.53. The molecule has 0 amide bonds. The molecule has 3 heteroatoms. The second-order valence-electron chi connectivity index (χ2n) is 9.58. The lowest BCUT2D eigenvalue weighted by molar-refractivity contribution is -0.160. The van der Waals surface area contributed by atoms with Gasteiger partial charge < -0.3 is 4.74 Å². The summed E-state index contributed by atoms with van der Waals surface area (Å²) >= 11 is 0. The van der Waals surface area contributed by atoms with E-state index < -0.39 is 0 Å². The lowest BCUT2D eigenvalue weighted by atomic mass is 9.45. The highest BCUT2D eigenvalue weighted by Gasteiger charge is 2.60. The lowest BCUT2D eigenvalue weighted by Gasteiger charge is -2.60. The molecule has 4 aliphatic carbocycles. The molecular weight excluding hydrogens is 300 g/mol. The SMILES string of the molecule is CC(=O)O[C@@H]1CC[C@@]2(C)C(CC[C@@H]3C2CC[C@]2(C)C(=O)CCC32)C1. The molecule has 0 saturated heterocycles. The molecule has 0 aromatic rings. The number of esters is 1. The van der Waals surface area contributed by atoms with Crippen molar-refractivity contribution in [1.82, 2.24) is 0 Å². The molecule has 0 aliphatic heterocycles. The van der Waals surface area contributed by atoms with E-state index >= 15 is 0 Å². The molecule has 0 radical (unpaired) electrons. The zero-order valence-electron chi connectivity index (χ0n) is 15.5. The van der Waals surface area contributed by atoms with Gasteiger partial charge in [0.15, 0.2) is 0 Å². The molecule has 3 nitrogen and oxygen atoms in total. The first-order chi connectivity index (χ1) is 11.3. The second-order valence-corrected chi connectivity index (χ2v) is 9.58. The van der Waals surface area contributed by atoms with Crippen LogP contribution in [-0.2, 0) is 14.3 Å². The number of carbonyl (C=O) groups is 2. The fourth-order valence-corrected chi connectivity index (χ4v) is 7.33. The third-order valence-corrected chi connectivity index (χ3v) is 8.66. The predicted molar refractivity (Wildman–Crippen MR) is 92.3 cm³/mol. The number of hydrogen-bond acceptors (Lipinski definition) is 3. The zero-order valence-corrected chi connectivity index (χ0v) is 15.5. The molecule has 4 aliphatic rings. The van der Waals surface area contributed by atoms with Gasteiger partial charge in [-0.3, -0.25) is 9.59 Å². The van der Waals surface area contributed by atoms with Crippen LogP contribution in [0.1, 0.15) is 78.6 Å². The van der Waals surface area contributed by atoms with Crippen LogP contribution in [0.25, 0.3) is 0 Å². The molecule has 7 atom stereocenters. The molecule has 4 fully saturated rings. The highest BCUT2D eigenvalue weighted by molar-refractivity contribution is 5.87. The van der Waals surface area contributed by atoms with Gasteiger partial charge >= 0.3 is 5.97 Å². The summed E-state index contributed by atoms with van der Waals surface area (Å²) in [5.41, 5.74) is 0.381. The van der Waals surface area contributed by atoms with Crippen molar-refractivity contribution in [2.75, 3.05) is 0 Å². The molecule has 0 aromatic heterocycles. The minimum Gasteiger partial charge on any atom is -0.463 e. The topological polar surface area (TPSA) is 43.4 Å². The fourth-order valence-electron chi connectivity index (χ4n) is 7.33. The van der Waals surface area contributed by atoms with Crippen molar-refractivity contribution in [2.24, 2.45) is 34.5 Å². The lowest BCUT2D eigenvalue weighted by Crippen LogP contribution is -2.54. The zero-order chi connectivity index (χ0) is 17.1. The normalized spacial score (nSPS) is 50.6. The number of fused-ring (bicyclic) bond motifs is 5. The van der Waals surface area contributed by atoms with Crippen LogP contribution in [0, 0.1) is 34.5 Å². The third kappa shape index (κ3) is 2.29. The van der Waals surface area contributed by atoms with Crippen molar-refractivity contribution in [2.45, 2.75) is 84.7 Å². The summed E-state index contributed by atoms with van der Waals surface area (Å²) in [5, 5.41) is 0. The van der Waals surface area contributed by atoms with Crippen LogP contribution in [-0.4, -0.2) is 17.9 Å². The summed E-state index contributed by atoms with van der Waals surface area (Å²) < 4.78 is 5.54. The molecule has 0 N–H and O–H groups in total. The van der Waals surface area contributed by atoms with Gasteiger partial charge in [0, 0.05) is 18.8 Å². The van der Waals surface area contributed by atoms with Crippen molar-refractivity contribution in [3.8, 4) is 0 Å². The Morgan fingerprint density at radius 2 is 1.83 bits per heavy atom. The molecule has 0 heterocycles. The first kappa shape index (κ1) is 16.6. The van der Waals surface area contributed by atoms with Crippen LogP contribution in [0.4, 0.5) is 0 Å². The Hall–Kier alpha value is -0.860. The monoisotopic (exact) mass is 332 g/mol. The van der Waals surface area contributed by atoms with Crippen LogP contribution < -0.4 is 0 Å². The Labute approximate surface area is 145 Å². The smallest absolute Gasteiger partial charge is 0.302 e. The summed E-state index contributed by atoms with van der Waals surface area (Å²) in [4.78, 5) is 23.8. The number of ketones is 1. The summed E-state index contributed by atoms with van der Waals surface area (Å²) in [5.74, 6) is 3.26. The van der Waals surface area contributed by atoms with E-state index in [4.69, 9.17) is 4.74 Å². The van der Waals surface area contributed by atoms with E-state index in [0.717, 1.165) is 43.9 Å². The van der Waals surface area contributed by atoms with Crippen LogP contribution in [0.3, 0.4) is 0 Å². The molecule has 24 heavy (non-hydrogen) atoms. The van der Waals surface area contributed by atoms with Crippen molar-refractivity contribution in [1.29, 1.82) is 0 Å². The van der Waals surface area contributed by atoms with Gasteiger partial charge in [0.1, 0.15) is 11.9 Å². The number of Topliss-reactive ketones (excluding diaryl/α,β-unsaturated/α-hetero) is 1. The molecular formula is C21H32O3. The molecule has 0 spiro atoms. The minimum atomic E-state index is -0.129. The minimum absolute atomic E-state index is 0.0146. The van der Waals surface area contributed by atoms with Gasteiger partial charge in [0.25, 0.3) is 0 Å². The van der Waals surface area contributed by atoms with Crippen molar-refractivity contribution >= 4 is 11.8 Å². The maximum absolute atomic E-state index is 12.5. The van der Waals surface area contributed by atoms with Crippen molar-refractivity contribution in [3.63, 3.8) is 0 Å². The highest BCUT2D eigenvalue weighted by Crippen LogP contribution is 2.65. The van der Waals surface area contributed by atoms with Gasteiger partial charge in [-0.15, -0.1) is 0 Å². The molecule has 4 rings (SSSR count). The molecule has 134 valence electrons. The Morgan fingerprint density at radius 3 is 2.58 bits per heavy atom. The van der Waals surface area contributed by atoms with E-state index in [0.29, 0.717) is 23.0 Å². The summed E-state index contributed by atoms with van der Waals surface area (Å²) in [6, 6.07) is 0. The van der Waals surface area contributed by atoms with Crippen molar-refractivity contribution in [3.05, 3.63) is 0 Å². The standard InChI is InChI=1S/C21H32O3/c1-13(22)24-15-8-10-20(2)14(12-15)4-5-16-17-6-7-19(23)21(17,3)11-9-18(16)20/h14-18H,4-12H2,1-3H3/t14?,15-,16+,17?,18?,20+,21+/m1/s1. The fraction of sp³-hybridized carbons (Fsp3) is 0.905. The van der Waals surface area contributed by atoms with E-state index in [2.05, 4.69) is 13.8 Å². The van der Waals surface area contributed by atoms with Gasteiger partial charge in [0.2, 0.25) is 0 Å². The van der Waals surface area contributed by atoms with E-state index in [1.165, 1.54) is 32.6 Å². The van der Waals surface area contributed by atoms with Gasteiger partial charge in [-0.05, 0) is 80.5 Å². The van der Waals surface area contributed by atoms with E-state index in [1.54, 1.807) is 0 Å². The number of carbonyl (C=O) groups excluding carboxylic acids is 2. The van der Waals surface area contributed by atoms with Crippen LogP contribution in [0.5, 0.6) is 0 Å². The Kier molecular flexibility index (Phi) is 3.85. The number of ether oxygens (including phenoxy) is 1. The van der Waals surface area contributed by atoms with Gasteiger partial charge in [0.05, 0.1) is 0 Å². The molecule has 3 unspecified atom stereocenters. The third-order valence-electron chi connectivity index (χ3n) is 8.66. The Balaban J connectivity index is 1.54. The Bertz CT molecular complexity index is 555. The maximum atomic E-state index is 12.5. The van der Waals surface area contributed by atoms with Crippen LogP contribution in [0.2, 0.25) is 0 Å². The summed E-state index contributed by atoms with van der Waals surface area (Å²) in [6.07, 6.45) is 10.2. The number of hydrogen-bond donors (Lipinski definition) is 0. The first-order valence-corrected chi connectivity index (χ1v) is 10.0. The average Bonchev–Trinajstić information content (AvgIpc) is 2.83. The van der Waals surface area contributed by atoms with Crippen molar-refractivity contribution < 1.29 is 14.3 Å². The average molecular weight is 332 g/mol. The largest absolute Gasteiger partial charge is 0.463 e. The van der Waals surface area contributed by atoms with Gasteiger partial charge in [-0.1, -0.05) is 13.8 Å². The summed E-state index contributed by atoms with van der Waals surface area (Å²) in [6.45, 7) is 6.30. The molecule has 0 aromatic carbocycles. The van der Waals surface area contributed by atoms with Gasteiger partial charge in [-0.2, -0.15) is 0 Å². The van der Waals surface area contributed by atoms with Crippen LogP contribution >= 0.6 is 0 Å². The van der Waals surface area contributed by atoms with Crippen LogP contribution in [0.15, 0.2) is 0 Å². The molecule has 0 bridgehead atoms. The second kappa shape index (κ2) is 5.57. The molecule has 4 saturated carbocycles. The highest BCUT2D eigenvalue weighted by atomic mass is 16.5. The van der Waals surface area contributed by atoms with E-state index in [-0.39, 0.29) is 17.5 Å². The quantitative estimate of drug-likeness (QED) is 0.663. The Morgan fingerprint density at radius 1 is 1.04 bits per heavy atom. The van der Waals surface area contributed by atoms with Gasteiger partial charge in [-0.25, -0.2) is 0 Å². The maximum Gasteiger partial charge on any atom is 0.302 e. The summed E-state index contributed by atoms with van der Waals surface area (Å²) in [7, 11) is 0. The number of rotatable bonds is 1. The van der Waals surface area contributed by atoms with E-state index in [1.807, 2.05) is 0 Å². The van der Waals surface area contributed by atoms with E-state index in [9.17, 15) is 9.59 Å². The first-order valence-electron chi connectivity index (χ1n) is 10.0.